The normalized spacial score (nSPS) is 31.5. The third-order valence-corrected chi connectivity index (χ3v) is 5.53. The van der Waals surface area contributed by atoms with Crippen LogP contribution in [-0.4, -0.2) is 104 Å². The summed E-state index contributed by atoms with van der Waals surface area (Å²) in [6.45, 7) is 5.71. The summed E-state index contributed by atoms with van der Waals surface area (Å²) in [4.78, 5) is 28.7. The lowest BCUT2D eigenvalue weighted by molar-refractivity contribution is -0.156. The monoisotopic (exact) mass is 399 g/mol. The highest BCUT2D eigenvalue weighted by Crippen LogP contribution is 2.28. The second-order valence-corrected chi connectivity index (χ2v) is 7.71. The Bertz CT molecular complexity index is 528. The second kappa shape index (κ2) is 10.4. The van der Waals surface area contributed by atoms with Crippen molar-refractivity contribution in [1.29, 1.82) is 0 Å². The molecule has 0 bridgehead atoms. The summed E-state index contributed by atoms with van der Waals surface area (Å²) in [5.74, 6) is 0.0893. The largest absolute Gasteiger partial charge is 0.389 e. The van der Waals surface area contributed by atoms with Crippen LogP contribution in [0.2, 0.25) is 0 Å². The third kappa shape index (κ3) is 5.56. The molecular formula is C19H33N3O6. The van der Waals surface area contributed by atoms with Crippen molar-refractivity contribution < 1.29 is 28.9 Å². The Balaban J connectivity index is 1.60. The van der Waals surface area contributed by atoms with E-state index in [2.05, 4.69) is 5.32 Å². The Labute approximate surface area is 166 Å². The van der Waals surface area contributed by atoms with Crippen LogP contribution in [0, 0.1) is 0 Å². The lowest BCUT2D eigenvalue weighted by atomic mass is 9.94. The number of nitrogens with zero attached hydrogens (tertiary/aromatic N) is 2. The molecule has 9 heteroatoms. The smallest absolute Gasteiger partial charge is 0.317 e. The highest BCUT2D eigenvalue weighted by Gasteiger charge is 2.40. The van der Waals surface area contributed by atoms with E-state index in [1.165, 1.54) is 0 Å². The molecule has 0 unspecified atom stereocenters. The number of nitrogens with one attached hydrogen (secondary N) is 1. The van der Waals surface area contributed by atoms with Crippen LogP contribution in [0.1, 0.15) is 32.6 Å². The van der Waals surface area contributed by atoms with E-state index in [0.717, 1.165) is 12.8 Å². The fraction of sp³-hybridized carbons (Fsp3) is 0.895. The SMILES string of the molecule is CCCNC(=O)N1C[C@H](O)COC[C@@H]2O[C@@H](CC(=O)N3CCOCC3)CC[C@H]21. The van der Waals surface area contributed by atoms with Gasteiger partial charge in [0.2, 0.25) is 5.91 Å². The van der Waals surface area contributed by atoms with E-state index in [9.17, 15) is 14.7 Å². The van der Waals surface area contributed by atoms with Gasteiger partial charge in [-0.05, 0) is 19.3 Å². The van der Waals surface area contributed by atoms with Crippen molar-refractivity contribution in [3.05, 3.63) is 0 Å². The molecule has 9 nitrogen and oxygen atoms in total. The van der Waals surface area contributed by atoms with Crippen LogP contribution >= 0.6 is 0 Å². The van der Waals surface area contributed by atoms with Crippen LogP contribution in [0.4, 0.5) is 4.79 Å². The summed E-state index contributed by atoms with van der Waals surface area (Å²) >= 11 is 0. The van der Waals surface area contributed by atoms with E-state index in [1.54, 1.807) is 4.90 Å². The molecule has 3 aliphatic heterocycles. The number of carbonyl (C=O) groups is 2. The molecule has 0 saturated carbocycles. The standard InChI is InChI=1S/C19H33N3O6/c1-2-5-20-19(25)22-11-14(23)12-27-13-17-16(22)4-3-15(28-17)10-18(24)21-6-8-26-9-7-21/h14-17,23H,2-13H2,1H3,(H,20,25)/t14-,15+,16+,17-/m0/s1. The fourth-order valence-electron chi connectivity index (χ4n) is 4.04. The van der Waals surface area contributed by atoms with Gasteiger partial charge in [0.05, 0.1) is 57.6 Å². The van der Waals surface area contributed by atoms with Gasteiger partial charge in [0.15, 0.2) is 0 Å². The molecule has 0 aromatic carbocycles. The zero-order valence-corrected chi connectivity index (χ0v) is 16.7. The van der Waals surface area contributed by atoms with Crippen molar-refractivity contribution in [2.75, 3.05) is 52.6 Å². The maximum Gasteiger partial charge on any atom is 0.317 e. The number of β-amino-alcohol motifs (C(OH)–C–C–N with tert-alkyl or cyclic N) is 1. The van der Waals surface area contributed by atoms with Gasteiger partial charge >= 0.3 is 6.03 Å². The molecule has 3 heterocycles. The van der Waals surface area contributed by atoms with Crippen molar-refractivity contribution >= 4 is 11.9 Å². The topological polar surface area (TPSA) is 101 Å². The number of rotatable bonds is 4. The summed E-state index contributed by atoms with van der Waals surface area (Å²) in [6.07, 6.45) is 1.43. The van der Waals surface area contributed by atoms with Crippen molar-refractivity contribution in [3.8, 4) is 0 Å². The minimum atomic E-state index is -0.714. The number of ether oxygens (including phenoxy) is 3. The van der Waals surface area contributed by atoms with Gasteiger partial charge < -0.3 is 34.4 Å². The number of carbonyl (C=O) groups excluding carboxylic acids is 2. The van der Waals surface area contributed by atoms with E-state index < -0.39 is 6.10 Å². The minimum Gasteiger partial charge on any atom is -0.389 e. The van der Waals surface area contributed by atoms with Crippen LogP contribution in [0.3, 0.4) is 0 Å². The highest BCUT2D eigenvalue weighted by molar-refractivity contribution is 5.77. The first-order valence-electron chi connectivity index (χ1n) is 10.4. The summed E-state index contributed by atoms with van der Waals surface area (Å²) in [5.41, 5.74) is 0. The molecule has 0 aromatic heterocycles. The predicted octanol–water partition coefficient (Wildman–Crippen LogP) is -0.0358. The Hall–Kier alpha value is -1.42. The van der Waals surface area contributed by atoms with Crippen LogP contribution in [0.5, 0.6) is 0 Å². The summed E-state index contributed by atoms with van der Waals surface area (Å²) < 4.78 is 17.1. The summed E-state index contributed by atoms with van der Waals surface area (Å²) in [6, 6.07) is -0.342. The molecular weight excluding hydrogens is 366 g/mol. The molecule has 2 N–H and O–H groups in total. The Kier molecular flexibility index (Phi) is 7.90. The Morgan fingerprint density at radius 2 is 1.93 bits per heavy atom. The first kappa shape index (κ1) is 21.3. The van der Waals surface area contributed by atoms with Gasteiger partial charge in [-0.25, -0.2) is 4.79 Å². The van der Waals surface area contributed by atoms with Gasteiger partial charge in [0, 0.05) is 19.6 Å². The molecule has 4 atom stereocenters. The van der Waals surface area contributed by atoms with E-state index in [4.69, 9.17) is 14.2 Å². The Morgan fingerprint density at radius 1 is 1.14 bits per heavy atom. The maximum atomic E-state index is 12.6. The molecule has 3 fully saturated rings. The Morgan fingerprint density at radius 3 is 2.68 bits per heavy atom. The van der Waals surface area contributed by atoms with Gasteiger partial charge in [-0.2, -0.15) is 0 Å². The van der Waals surface area contributed by atoms with E-state index in [0.29, 0.717) is 52.3 Å². The van der Waals surface area contributed by atoms with Gasteiger partial charge in [0.1, 0.15) is 6.10 Å². The van der Waals surface area contributed by atoms with Gasteiger partial charge in [-0.3, -0.25) is 4.79 Å². The number of aliphatic hydroxyl groups is 1. The lowest BCUT2D eigenvalue weighted by Crippen LogP contribution is -2.59. The van der Waals surface area contributed by atoms with Crippen molar-refractivity contribution in [3.63, 3.8) is 0 Å². The lowest BCUT2D eigenvalue weighted by Gasteiger charge is -2.44. The fourth-order valence-corrected chi connectivity index (χ4v) is 4.04. The molecule has 3 amide bonds. The van der Waals surface area contributed by atoms with Gasteiger partial charge in [-0.15, -0.1) is 0 Å². The van der Waals surface area contributed by atoms with Crippen molar-refractivity contribution in [2.24, 2.45) is 0 Å². The molecule has 160 valence electrons. The van der Waals surface area contributed by atoms with Crippen LogP contribution in [0.25, 0.3) is 0 Å². The number of fused-ring (bicyclic) bond motifs is 1. The quantitative estimate of drug-likeness (QED) is 0.688. The number of amides is 3. The first-order valence-corrected chi connectivity index (χ1v) is 10.4. The molecule has 0 spiro atoms. The molecule has 0 aromatic rings. The number of aliphatic hydroxyl groups excluding tert-OH is 1. The highest BCUT2D eigenvalue weighted by atomic mass is 16.5. The van der Waals surface area contributed by atoms with Gasteiger partial charge in [0.25, 0.3) is 0 Å². The zero-order chi connectivity index (χ0) is 19.9. The van der Waals surface area contributed by atoms with E-state index >= 15 is 0 Å². The van der Waals surface area contributed by atoms with Crippen LogP contribution in [0.15, 0.2) is 0 Å². The minimum absolute atomic E-state index is 0.0893. The molecule has 3 aliphatic rings. The average Bonchev–Trinajstić information content (AvgIpc) is 2.70. The number of morpholine rings is 1. The molecule has 0 radical (unpaired) electrons. The zero-order valence-electron chi connectivity index (χ0n) is 16.7. The third-order valence-electron chi connectivity index (χ3n) is 5.53. The molecule has 28 heavy (non-hydrogen) atoms. The average molecular weight is 399 g/mol. The van der Waals surface area contributed by atoms with Crippen molar-refractivity contribution in [1.82, 2.24) is 15.1 Å². The summed E-state index contributed by atoms with van der Waals surface area (Å²) in [7, 11) is 0. The second-order valence-electron chi connectivity index (χ2n) is 7.71. The maximum absolute atomic E-state index is 12.6. The molecule has 0 aliphatic carbocycles. The number of urea groups is 1. The number of hydrogen-bond donors (Lipinski definition) is 2. The van der Waals surface area contributed by atoms with Crippen LogP contribution < -0.4 is 5.32 Å². The first-order chi connectivity index (χ1) is 13.6. The number of hydrogen-bond acceptors (Lipinski definition) is 6. The molecule has 3 saturated heterocycles. The van der Waals surface area contributed by atoms with Crippen molar-refractivity contribution in [2.45, 2.75) is 57.0 Å². The van der Waals surface area contributed by atoms with Gasteiger partial charge in [-0.1, -0.05) is 6.92 Å². The van der Waals surface area contributed by atoms with E-state index in [-0.39, 0.29) is 43.3 Å². The van der Waals surface area contributed by atoms with E-state index in [1.807, 2.05) is 11.8 Å². The molecule has 3 rings (SSSR count). The predicted molar refractivity (Wildman–Crippen MR) is 101 cm³/mol. The van der Waals surface area contributed by atoms with Crippen LogP contribution in [-0.2, 0) is 19.0 Å². The summed E-state index contributed by atoms with van der Waals surface area (Å²) in [5, 5.41) is 13.0.